The van der Waals surface area contributed by atoms with Crippen molar-refractivity contribution in [1.82, 2.24) is 9.88 Å². The van der Waals surface area contributed by atoms with Gasteiger partial charge in [-0.2, -0.15) is 0 Å². The number of hydrogen-bond donors (Lipinski definition) is 1. The summed E-state index contributed by atoms with van der Waals surface area (Å²) in [6.07, 6.45) is 8.29. The van der Waals surface area contributed by atoms with Crippen molar-refractivity contribution in [3.05, 3.63) is 36.2 Å². The number of nitrogens with zero attached hydrogens (tertiary/aromatic N) is 2. The van der Waals surface area contributed by atoms with Gasteiger partial charge in [-0.3, -0.25) is 9.78 Å². The molecule has 1 saturated heterocycles. The van der Waals surface area contributed by atoms with Gasteiger partial charge in [-0.25, -0.2) is 0 Å². The third-order valence-electron chi connectivity index (χ3n) is 3.52. The largest absolute Gasteiger partial charge is 0.335 e. The van der Waals surface area contributed by atoms with Crippen LogP contribution in [0, 0.1) is 0 Å². The van der Waals surface area contributed by atoms with E-state index in [1.165, 1.54) is 0 Å². The smallest absolute Gasteiger partial charge is 0.246 e. The third-order valence-corrected chi connectivity index (χ3v) is 3.52. The molecule has 0 bridgehead atoms. The molecule has 1 aliphatic heterocycles. The van der Waals surface area contributed by atoms with Crippen LogP contribution in [-0.2, 0) is 4.79 Å². The van der Waals surface area contributed by atoms with Crippen molar-refractivity contribution in [2.45, 2.75) is 38.3 Å². The minimum Gasteiger partial charge on any atom is -0.335 e. The molecule has 1 aliphatic rings. The van der Waals surface area contributed by atoms with Gasteiger partial charge in [-0.15, -0.1) is 0 Å². The van der Waals surface area contributed by atoms with Gasteiger partial charge in [0.15, 0.2) is 0 Å². The van der Waals surface area contributed by atoms with Crippen molar-refractivity contribution in [3.8, 4) is 0 Å². The summed E-state index contributed by atoms with van der Waals surface area (Å²) in [6, 6.07) is 5.82. The topological polar surface area (TPSA) is 59.2 Å². The highest BCUT2D eigenvalue weighted by Gasteiger charge is 2.27. The molecule has 1 fully saturated rings. The number of rotatable bonds is 3. The summed E-state index contributed by atoms with van der Waals surface area (Å²) in [5, 5.41) is 0. The summed E-state index contributed by atoms with van der Waals surface area (Å²) < 4.78 is 0. The van der Waals surface area contributed by atoms with E-state index in [1.54, 1.807) is 18.3 Å². The van der Waals surface area contributed by atoms with Crippen LogP contribution in [-0.4, -0.2) is 34.4 Å². The zero-order valence-corrected chi connectivity index (χ0v) is 11.3. The van der Waals surface area contributed by atoms with Gasteiger partial charge < -0.3 is 10.6 Å². The van der Waals surface area contributed by atoms with Crippen LogP contribution in [0.2, 0.25) is 0 Å². The fourth-order valence-electron chi connectivity index (χ4n) is 2.50. The van der Waals surface area contributed by atoms with Gasteiger partial charge >= 0.3 is 0 Å². The molecule has 2 atom stereocenters. The SMILES string of the molecule is CC(N)C1CCCCN1C(=O)/C=C/c1ccccn1. The van der Waals surface area contributed by atoms with Gasteiger partial charge in [0.2, 0.25) is 5.91 Å². The minimum atomic E-state index is 0.0208. The molecule has 2 unspecified atom stereocenters. The minimum absolute atomic E-state index is 0.0208. The highest BCUT2D eigenvalue weighted by molar-refractivity contribution is 5.91. The monoisotopic (exact) mass is 259 g/mol. The summed E-state index contributed by atoms with van der Waals surface area (Å²) in [4.78, 5) is 18.3. The Balaban J connectivity index is 2.04. The van der Waals surface area contributed by atoms with Crippen LogP contribution in [0.4, 0.5) is 0 Å². The van der Waals surface area contributed by atoms with Crippen molar-refractivity contribution >= 4 is 12.0 Å². The summed E-state index contributed by atoms with van der Waals surface area (Å²) in [5.41, 5.74) is 6.77. The Kier molecular flexibility index (Phi) is 4.68. The van der Waals surface area contributed by atoms with E-state index in [4.69, 9.17) is 5.73 Å². The zero-order valence-electron chi connectivity index (χ0n) is 11.3. The maximum atomic E-state index is 12.2. The number of amides is 1. The number of nitrogens with two attached hydrogens (primary N) is 1. The molecule has 1 aromatic heterocycles. The fraction of sp³-hybridized carbons (Fsp3) is 0.467. The molecule has 1 aromatic rings. The van der Waals surface area contributed by atoms with Crippen molar-refractivity contribution in [2.75, 3.05) is 6.54 Å². The molecule has 4 nitrogen and oxygen atoms in total. The summed E-state index contributed by atoms with van der Waals surface area (Å²) in [6.45, 7) is 2.77. The Hall–Kier alpha value is -1.68. The molecule has 0 saturated carbocycles. The standard InChI is InChI=1S/C15H21N3O/c1-12(16)14-7-3-5-11-18(14)15(19)9-8-13-6-2-4-10-17-13/h2,4,6,8-10,12,14H,3,5,7,11,16H2,1H3/b9-8+. The fourth-order valence-corrected chi connectivity index (χ4v) is 2.50. The average Bonchev–Trinajstić information content (AvgIpc) is 2.46. The molecule has 0 radical (unpaired) electrons. The predicted octanol–water partition coefficient (Wildman–Crippen LogP) is 1.82. The van der Waals surface area contributed by atoms with Crippen molar-refractivity contribution in [1.29, 1.82) is 0 Å². The Bertz CT molecular complexity index is 442. The number of aromatic nitrogens is 1. The quantitative estimate of drug-likeness (QED) is 0.842. The average molecular weight is 259 g/mol. The van der Waals surface area contributed by atoms with Gasteiger partial charge in [0, 0.05) is 30.9 Å². The lowest BCUT2D eigenvalue weighted by Crippen LogP contribution is -2.51. The number of pyridine rings is 1. The number of hydrogen-bond acceptors (Lipinski definition) is 3. The van der Waals surface area contributed by atoms with Gasteiger partial charge in [0.1, 0.15) is 0 Å². The van der Waals surface area contributed by atoms with Crippen LogP contribution < -0.4 is 5.73 Å². The van der Waals surface area contributed by atoms with E-state index in [1.807, 2.05) is 30.0 Å². The highest BCUT2D eigenvalue weighted by atomic mass is 16.2. The maximum Gasteiger partial charge on any atom is 0.246 e. The van der Waals surface area contributed by atoms with Crippen molar-refractivity contribution < 1.29 is 4.79 Å². The lowest BCUT2D eigenvalue weighted by Gasteiger charge is -2.37. The molecular weight excluding hydrogens is 238 g/mol. The Morgan fingerprint density at radius 1 is 1.53 bits per heavy atom. The number of carbonyl (C=O) groups is 1. The Morgan fingerprint density at radius 2 is 2.37 bits per heavy atom. The first-order chi connectivity index (χ1) is 9.18. The molecule has 2 heterocycles. The van der Waals surface area contributed by atoms with E-state index in [9.17, 15) is 4.79 Å². The van der Waals surface area contributed by atoms with E-state index >= 15 is 0 Å². The van der Waals surface area contributed by atoms with E-state index in [0.29, 0.717) is 0 Å². The molecule has 4 heteroatoms. The lowest BCUT2D eigenvalue weighted by molar-refractivity contribution is -0.129. The second kappa shape index (κ2) is 6.48. The van der Waals surface area contributed by atoms with Gasteiger partial charge in [-0.1, -0.05) is 6.07 Å². The first-order valence-electron chi connectivity index (χ1n) is 6.84. The lowest BCUT2D eigenvalue weighted by atomic mass is 9.97. The van der Waals surface area contributed by atoms with Gasteiger partial charge in [-0.05, 0) is 44.4 Å². The molecule has 2 N–H and O–H groups in total. The first kappa shape index (κ1) is 13.7. The predicted molar refractivity (Wildman–Crippen MR) is 76.3 cm³/mol. The van der Waals surface area contributed by atoms with Crippen LogP contribution >= 0.6 is 0 Å². The first-order valence-corrected chi connectivity index (χ1v) is 6.84. The molecule has 1 amide bonds. The molecule has 0 spiro atoms. The van der Waals surface area contributed by atoms with Crippen LogP contribution in [0.5, 0.6) is 0 Å². The van der Waals surface area contributed by atoms with E-state index in [2.05, 4.69) is 4.98 Å². The molecular formula is C15H21N3O. The normalized spacial score (nSPS) is 21.6. The number of carbonyl (C=O) groups excluding carboxylic acids is 1. The molecule has 102 valence electrons. The van der Waals surface area contributed by atoms with Gasteiger partial charge in [0.05, 0.1) is 5.69 Å². The molecule has 2 rings (SSSR count). The van der Waals surface area contributed by atoms with E-state index < -0.39 is 0 Å². The van der Waals surface area contributed by atoms with Crippen molar-refractivity contribution in [3.63, 3.8) is 0 Å². The molecule has 19 heavy (non-hydrogen) atoms. The number of piperidine rings is 1. The zero-order chi connectivity index (χ0) is 13.7. The van der Waals surface area contributed by atoms with E-state index in [-0.39, 0.29) is 18.0 Å². The van der Waals surface area contributed by atoms with Crippen molar-refractivity contribution in [2.24, 2.45) is 5.73 Å². The second-order valence-corrected chi connectivity index (χ2v) is 5.04. The van der Waals surface area contributed by atoms with Gasteiger partial charge in [0.25, 0.3) is 0 Å². The van der Waals surface area contributed by atoms with E-state index in [0.717, 1.165) is 31.5 Å². The summed E-state index contributed by atoms with van der Waals surface area (Å²) in [5.74, 6) is 0.0349. The summed E-state index contributed by atoms with van der Waals surface area (Å²) in [7, 11) is 0. The van der Waals surface area contributed by atoms with Crippen LogP contribution in [0.1, 0.15) is 31.9 Å². The molecule has 0 aliphatic carbocycles. The third kappa shape index (κ3) is 3.64. The molecule has 0 aromatic carbocycles. The highest BCUT2D eigenvalue weighted by Crippen LogP contribution is 2.19. The van der Waals surface area contributed by atoms with Crippen LogP contribution in [0.3, 0.4) is 0 Å². The number of likely N-dealkylation sites (tertiary alicyclic amines) is 1. The summed E-state index contributed by atoms with van der Waals surface area (Å²) >= 11 is 0. The van der Waals surface area contributed by atoms with Crippen LogP contribution in [0.25, 0.3) is 6.08 Å². The maximum absolute atomic E-state index is 12.2. The Labute approximate surface area is 114 Å². The second-order valence-electron chi connectivity index (χ2n) is 5.04. The van der Waals surface area contributed by atoms with Crippen LogP contribution in [0.15, 0.2) is 30.5 Å². The Morgan fingerprint density at radius 3 is 3.05 bits per heavy atom.